The molecule has 1 aromatic rings. The summed E-state index contributed by atoms with van der Waals surface area (Å²) in [5.74, 6) is -0.354. The molecule has 0 bridgehead atoms. The molecule has 1 N–H and O–H groups in total. The summed E-state index contributed by atoms with van der Waals surface area (Å²) in [6, 6.07) is 2.02. The zero-order valence-electron chi connectivity index (χ0n) is 8.27. The van der Waals surface area contributed by atoms with Crippen molar-refractivity contribution >= 4 is 23.4 Å². The van der Waals surface area contributed by atoms with Gasteiger partial charge in [0.15, 0.2) is 0 Å². The summed E-state index contributed by atoms with van der Waals surface area (Å²) in [5.41, 5.74) is 0.106. The van der Waals surface area contributed by atoms with E-state index in [1.165, 1.54) is 12.3 Å². The minimum absolute atomic E-state index is 0.106. The maximum Gasteiger partial charge on any atom is 0.337 e. The lowest BCUT2D eigenvalue weighted by atomic mass is 10.2. The van der Waals surface area contributed by atoms with Gasteiger partial charge in [-0.3, -0.25) is 0 Å². The van der Waals surface area contributed by atoms with E-state index in [0.29, 0.717) is 11.9 Å². The number of carboxylic acids is 1. The third-order valence-corrected chi connectivity index (χ3v) is 2.83. The molecule has 0 atom stereocenters. The van der Waals surface area contributed by atoms with Crippen LogP contribution in [0, 0.1) is 0 Å². The molecule has 15 heavy (non-hydrogen) atoms. The molecule has 1 aliphatic rings. The van der Waals surface area contributed by atoms with Crippen molar-refractivity contribution < 1.29 is 9.90 Å². The number of pyridine rings is 1. The Labute approximate surface area is 92.5 Å². The van der Waals surface area contributed by atoms with Gasteiger partial charge >= 0.3 is 5.97 Å². The predicted octanol–water partition coefficient (Wildman–Crippen LogP) is 2.03. The van der Waals surface area contributed by atoms with Crippen LogP contribution in [0.5, 0.6) is 0 Å². The molecule has 4 nitrogen and oxygen atoms in total. The molecule has 0 amide bonds. The maximum atomic E-state index is 10.9. The summed E-state index contributed by atoms with van der Waals surface area (Å²) in [6.45, 7) is 0. The fraction of sp³-hybridized carbons (Fsp3) is 0.400. The molecule has 0 spiro atoms. The van der Waals surface area contributed by atoms with E-state index in [9.17, 15) is 4.79 Å². The van der Waals surface area contributed by atoms with Crippen molar-refractivity contribution in [3.8, 4) is 0 Å². The van der Waals surface area contributed by atoms with Gasteiger partial charge in [0.05, 0.1) is 10.6 Å². The number of carboxylic acid groups (broad SMARTS) is 1. The highest BCUT2D eigenvalue weighted by Gasteiger charge is 2.27. The molecule has 2 rings (SSSR count). The normalized spacial score (nSPS) is 15.1. The maximum absolute atomic E-state index is 10.9. The van der Waals surface area contributed by atoms with E-state index in [0.717, 1.165) is 12.8 Å². The molecule has 1 aromatic heterocycles. The van der Waals surface area contributed by atoms with Gasteiger partial charge in [0.1, 0.15) is 5.82 Å². The Morgan fingerprint density at radius 2 is 2.33 bits per heavy atom. The Bertz CT molecular complexity index is 404. The lowest BCUT2D eigenvalue weighted by Crippen LogP contribution is -2.21. The molecule has 80 valence electrons. The molecule has 1 heterocycles. The van der Waals surface area contributed by atoms with Crippen LogP contribution < -0.4 is 4.90 Å². The molecule has 0 aromatic carbocycles. The Morgan fingerprint density at radius 1 is 1.67 bits per heavy atom. The number of halogens is 1. The average Bonchev–Trinajstić information content (AvgIpc) is 3.00. The Balaban J connectivity index is 2.32. The molecule has 1 aliphatic carbocycles. The summed E-state index contributed by atoms with van der Waals surface area (Å²) in [5, 5.41) is 9.07. The zero-order valence-corrected chi connectivity index (χ0v) is 9.03. The van der Waals surface area contributed by atoms with Gasteiger partial charge in [0.25, 0.3) is 0 Å². The zero-order chi connectivity index (χ0) is 11.0. The van der Waals surface area contributed by atoms with Crippen LogP contribution in [-0.2, 0) is 0 Å². The van der Waals surface area contributed by atoms with Crippen molar-refractivity contribution in [2.75, 3.05) is 11.9 Å². The van der Waals surface area contributed by atoms with E-state index in [1.807, 2.05) is 11.9 Å². The molecule has 1 fully saturated rings. The standard InChI is InChI=1S/C10H11ClN2O2/c1-13(6-2-3-6)9-4-7(10(14)15)8(11)5-12-9/h4-6H,2-3H2,1H3,(H,14,15). The number of anilines is 1. The number of aromatic carboxylic acids is 1. The topological polar surface area (TPSA) is 53.4 Å². The molecular formula is C10H11ClN2O2. The molecule has 0 unspecified atom stereocenters. The van der Waals surface area contributed by atoms with Crippen LogP contribution in [-0.4, -0.2) is 29.1 Å². The largest absolute Gasteiger partial charge is 0.478 e. The average molecular weight is 227 g/mol. The number of aromatic nitrogens is 1. The fourth-order valence-corrected chi connectivity index (χ4v) is 1.62. The molecule has 1 saturated carbocycles. The van der Waals surface area contributed by atoms with E-state index in [-0.39, 0.29) is 10.6 Å². The van der Waals surface area contributed by atoms with E-state index < -0.39 is 5.97 Å². The van der Waals surface area contributed by atoms with Gasteiger partial charge in [-0.15, -0.1) is 0 Å². The number of rotatable bonds is 3. The SMILES string of the molecule is CN(c1cc(C(=O)O)c(Cl)cn1)C1CC1. The first kappa shape index (κ1) is 10.2. The second-order valence-electron chi connectivity index (χ2n) is 3.67. The Hall–Kier alpha value is -1.29. The van der Waals surface area contributed by atoms with Gasteiger partial charge in [-0.1, -0.05) is 11.6 Å². The minimum atomic E-state index is -1.02. The predicted molar refractivity (Wildman–Crippen MR) is 57.6 cm³/mol. The second kappa shape index (κ2) is 3.70. The van der Waals surface area contributed by atoms with Crippen molar-refractivity contribution in [2.24, 2.45) is 0 Å². The van der Waals surface area contributed by atoms with Crippen molar-refractivity contribution in [2.45, 2.75) is 18.9 Å². The van der Waals surface area contributed by atoms with Crippen LogP contribution in [0.2, 0.25) is 5.02 Å². The molecule has 5 heteroatoms. The van der Waals surface area contributed by atoms with Crippen LogP contribution in [0.3, 0.4) is 0 Å². The first-order valence-corrected chi connectivity index (χ1v) is 5.09. The quantitative estimate of drug-likeness (QED) is 0.857. The van der Waals surface area contributed by atoms with Crippen LogP contribution in [0.15, 0.2) is 12.3 Å². The molecular weight excluding hydrogens is 216 g/mol. The van der Waals surface area contributed by atoms with Crippen molar-refractivity contribution in [3.05, 3.63) is 22.8 Å². The van der Waals surface area contributed by atoms with Gasteiger partial charge < -0.3 is 10.0 Å². The number of hydrogen-bond acceptors (Lipinski definition) is 3. The Kier molecular flexibility index (Phi) is 2.52. The summed E-state index contributed by atoms with van der Waals surface area (Å²) in [6.07, 6.45) is 3.67. The van der Waals surface area contributed by atoms with Crippen molar-refractivity contribution in [3.63, 3.8) is 0 Å². The fourth-order valence-electron chi connectivity index (χ4n) is 1.43. The summed E-state index contributed by atoms with van der Waals surface area (Å²) >= 11 is 5.73. The van der Waals surface area contributed by atoms with Crippen LogP contribution in [0.1, 0.15) is 23.2 Å². The van der Waals surface area contributed by atoms with Crippen molar-refractivity contribution in [1.82, 2.24) is 4.98 Å². The molecule has 0 saturated heterocycles. The van der Waals surface area contributed by atoms with E-state index in [2.05, 4.69) is 4.98 Å². The highest BCUT2D eigenvalue weighted by Crippen LogP contribution is 2.30. The summed E-state index contributed by atoms with van der Waals surface area (Å²) in [7, 11) is 1.92. The number of hydrogen-bond donors (Lipinski definition) is 1. The van der Waals surface area contributed by atoms with Crippen LogP contribution in [0.25, 0.3) is 0 Å². The van der Waals surface area contributed by atoms with Crippen LogP contribution in [0.4, 0.5) is 5.82 Å². The lowest BCUT2D eigenvalue weighted by Gasteiger charge is -2.17. The first-order chi connectivity index (χ1) is 7.09. The van der Waals surface area contributed by atoms with Gasteiger partial charge in [-0.2, -0.15) is 0 Å². The molecule has 0 radical (unpaired) electrons. The van der Waals surface area contributed by atoms with E-state index in [4.69, 9.17) is 16.7 Å². The minimum Gasteiger partial charge on any atom is -0.478 e. The van der Waals surface area contributed by atoms with Gasteiger partial charge in [-0.05, 0) is 18.9 Å². The third kappa shape index (κ3) is 2.04. The highest BCUT2D eigenvalue weighted by molar-refractivity contribution is 6.33. The monoisotopic (exact) mass is 226 g/mol. The highest BCUT2D eigenvalue weighted by atomic mass is 35.5. The Morgan fingerprint density at radius 3 is 2.87 bits per heavy atom. The summed E-state index contributed by atoms with van der Waals surface area (Å²) < 4.78 is 0. The molecule has 0 aliphatic heterocycles. The second-order valence-corrected chi connectivity index (χ2v) is 4.08. The van der Waals surface area contributed by atoms with Crippen molar-refractivity contribution in [1.29, 1.82) is 0 Å². The first-order valence-electron chi connectivity index (χ1n) is 4.71. The van der Waals surface area contributed by atoms with E-state index >= 15 is 0 Å². The van der Waals surface area contributed by atoms with Gasteiger partial charge in [0, 0.05) is 19.3 Å². The van der Waals surface area contributed by atoms with Crippen LogP contribution >= 0.6 is 11.6 Å². The van der Waals surface area contributed by atoms with Gasteiger partial charge in [-0.25, -0.2) is 9.78 Å². The third-order valence-electron chi connectivity index (χ3n) is 2.53. The van der Waals surface area contributed by atoms with E-state index in [1.54, 1.807) is 0 Å². The smallest absolute Gasteiger partial charge is 0.337 e. The number of nitrogens with zero attached hydrogens (tertiary/aromatic N) is 2. The summed E-state index contributed by atoms with van der Waals surface area (Å²) in [4.78, 5) is 17.0. The lowest BCUT2D eigenvalue weighted by molar-refractivity contribution is 0.0697. The van der Waals surface area contributed by atoms with Gasteiger partial charge in [0.2, 0.25) is 0 Å². The number of carbonyl (C=O) groups is 1.